The van der Waals surface area contributed by atoms with Crippen LogP contribution in [0, 0.1) is 11.3 Å². The number of rotatable bonds is 17. The molecule has 236 valence electrons. The zero-order valence-electron chi connectivity index (χ0n) is 24.2. The second-order valence-electron chi connectivity index (χ2n) is 10.0. The Labute approximate surface area is 253 Å². The maximum absolute atomic E-state index is 13.4. The van der Waals surface area contributed by atoms with Crippen molar-refractivity contribution in [2.24, 2.45) is 22.2 Å². The molecular weight excluding hydrogens is 574 g/mol. The van der Waals surface area contributed by atoms with Gasteiger partial charge in [0, 0.05) is 36.5 Å². The summed E-state index contributed by atoms with van der Waals surface area (Å²) in [5, 5.41) is 17.6. The Morgan fingerprint density at radius 2 is 1.70 bits per heavy atom. The van der Waals surface area contributed by atoms with Crippen LogP contribution in [0.2, 0.25) is 0 Å². The number of epoxide rings is 1. The third-order valence-corrected chi connectivity index (χ3v) is 6.78. The van der Waals surface area contributed by atoms with E-state index in [2.05, 4.69) is 25.9 Å². The van der Waals surface area contributed by atoms with Crippen LogP contribution in [0.25, 0.3) is 10.9 Å². The molecule has 0 saturated carbocycles. The normalized spacial score (nSPS) is 17.3. The van der Waals surface area contributed by atoms with Gasteiger partial charge in [0.25, 0.3) is 5.91 Å². The number of aromatic nitrogens is 1. The molecule has 44 heavy (non-hydrogen) atoms. The number of para-hydroxylation sites is 1. The quantitative estimate of drug-likeness (QED) is 0.0351. The van der Waals surface area contributed by atoms with E-state index >= 15 is 0 Å². The number of nitrogens with zero attached hydrogens (tertiary/aromatic N) is 2. The number of carbonyl (C=O) groups is 5. The number of esters is 1. The fourth-order valence-corrected chi connectivity index (χ4v) is 4.51. The van der Waals surface area contributed by atoms with Crippen LogP contribution in [0.3, 0.4) is 0 Å². The molecule has 2 heterocycles. The number of amides is 4. The van der Waals surface area contributed by atoms with E-state index in [0.717, 1.165) is 16.5 Å². The van der Waals surface area contributed by atoms with Crippen LogP contribution in [0.15, 0.2) is 35.5 Å². The van der Waals surface area contributed by atoms with E-state index < -0.39 is 59.9 Å². The minimum atomic E-state index is -1.24. The summed E-state index contributed by atoms with van der Waals surface area (Å²) in [6.07, 6.45) is -0.283. The minimum Gasteiger partial charge on any atom is -0.464 e. The number of benzene rings is 1. The van der Waals surface area contributed by atoms with E-state index in [1.165, 1.54) is 0 Å². The molecule has 16 heteroatoms. The summed E-state index contributed by atoms with van der Waals surface area (Å²) in [7, 11) is 0. The third-order valence-electron chi connectivity index (χ3n) is 6.78. The fraction of sp³-hybridized carbons (Fsp3) is 0.464. The maximum atomic E-state index is 13.4. The topological polar surface area (TPSA) is 273 Å². The molecule has 0 aliphatic carbocycles. The van der Waals surface area contributed by atoms with Crippen LogP contribution in [-0.4, -0.2) is 84.0 Å². The number of hydrogen-bond acceptors (Lipinski definition) is 9. The standard InChI is InChI=1S/C28H37N9O7/c1-2-43-27(42)22-21(44-22)26(41)36-18(9-5-11-29)24(39)35-19(10-6-12-33-28(31)32)25(40)37-20(23(30)38)13-15-14-34-17-8-4-3-7-16(15)17/h3-4,7-8,14,18-22,34H,2,5-6,9-10,12-13H2,1H3,(H2,30,38)(H,35,39)(H,36,41)(H,37,40)(H4,31,32,33)/t18-,19-,20-,21-,22?/m0/s1. The Morgan fingerprint density at radius 1 is 1.02 bits per heavy atom. The number of nitriles is 1. The van der Waals surface area contributed by atoms with E-state index in [9.17, 15) is 24.0 Å². The van der Waals surface area contributed by atoms with Gasteiger partial charge in [0.05, 0.1) is 12.7 Å². The number of aliphatic imine (C=N–C) groups is 1. The SMILES string of the molecule is CCOC(=O)C1O[C@@H]1C(=O)N[C@@H](CCC#N)C(=O)N[C@@H](CCCN=C(N)N)C(=O)N[C@@H](Cc1c[nH]c2ccccc12)C(N)=O. The number of ether oxygens (including phenoxy) is 2. The van der Waals surface area contributed by atoms with Gasteiger partial charge >= 0.3 is 5.97 Å². The highest BCUT2D eigenvalue weighted by Crippen LogP contribution is 2.24. The molecule has 1 fully saturated rings. The van der Waals surface area contributed by atoms with E-state index in [1.807, 2.05) is 30.3 Å². The van der Waals surface area contributed by atoms with Gasteiger partial charge in [0.15, 0.2) is 18.2 Å². The first kappa shape index (κ1) is 33.3. The number of fused-ring (bicyclic) bond motifs is 1. The molecule has 4 amide bonds. The van der Waals surface area contributed by atoms with Gasteiger partial charge in [0.2, 0.25) is 17.7 Å². The molecule has 0 radical (unpaired) electrons. The van der Waals surface area contributed by atoms with Crippen LogP contribution in [-0.2, 0) is 39.9 Å². The van der Waals surface area contributed by atoms with Gasteiger partial charge in [-0.05, 0) is 37.8 Å². The van der Waals surface area contributed by atoms with Crippen molar-refractivity contribution in [1.82, 2.24) is 20.9 Å². The lowest BCUT2D eigenvalue weighted by Crippen LogP contribution is -2.57. The first-order chi connectivity index (χ1) is 21.0. The van der Waals surface area contributed by atoms with Crippen molar-refractivity contribution in [3.05, 3.63) is 36.0 Å². The molecule has 16 nitrogen and oxygen atoms in total. The number of H-pyrrole nitrogens is 1. The highest BCUT2D eigenvalue weighted by Gasteiger charge is 2.52. The maximum Gasteiger partial charge on any atom is 0.338 e. The summed E-state index contributed by atoms with van der Waals surface area (Å²) in [6.45, 7) is 1.86. The lowest BCUT2D eigenvalue weighted by Gasteiger charge is -2.24. The summed E-state index contributed by atoms with van der Waals surface area (Å²) in [5.74, 6) is -3.86. The first-order valence-electron chi connectivity index (χ1n) is 14.1. The van der Waals surface area contributed by atoms with Crippen LogP contribution in [0.5, 0.6) is 0 Å². The average molecular weight is 612 g/mol. The molecule has 1 saturated heterocycles. The Kier molecular flexibility index (Phi) is 12.0. The van der Waals surface area contributed by atoms with E-state index in [4.69, 9.17) is 31.9 Å². The predicted molar refractivity (Wildman–Crippen MR) is 157 cm³/mol. The second kappa shape index (κ2) is 15.9. The van der Waals surface area contributed by atoms with Crippen molar-refractivity contribution in [3.8, 4) is 6.07 Å². The van der Waals surface area contributed by atoms with Gasteiger partial charge in [-0.25, -0.2) is 4.79 Å². The molecule has 1 aromatic heterocycles. The minimum absolute atomic E-state index is 0.0580. The van der Waals surface area contributed by atoms with E-state index in [-0.39, 0.29) is 51.2 Å². The van der Waals surface area contributed by atoms with Crippen LogP contribution in [0.1, 0.15) is 38.2 Å². The fourth-order valence-electron chi connectivity index (χ4n) is 4.51. The average Bonchev–Trinajstić information content (AvgIpc) is 3.70. The van der Waals surface area contributed by atoms with Gasteiger partial charge < -0.3 is 47.6 Å². The second-order valence-corrected chi connectivity index (χ2v) is 10.0. The summed E-state index contributed by atoms with van der Waals surface area (Å²) >= 11 is 0. The van der Waals surface area contributed by atoms with Gasteiger partial charge in [-0.1, -0.05) is 18.2 Å². The molecule has 1 aliphatic heterocycles. The molecular formula is C28H37N9O7. The van der Waals surface area contributed by atoms with Crippen LogP contribution in [0.4, 0.5) is 0 Å². The van der Waals surface area contributed by atoms with Crippen molar-refractivity contribution < 1.29 is 33.4 Å². The predicted octanol–water partition coefficient (Wildman–Crippen LogP) is -1.66. The molecule has 1 aromatic carbocycles. The van der Waals surface area contributed by atoms with Gasteiger partial charge in [0.1, 0.15) is 18.1 Å². The molecule has 2 aromatic rings. The molecule has 0 bridgehead atoms. The number of hydrogen-bond donors (Lipinski definition) is 7. The Balaban J connectivity index is 1.73. The molecule has 3 rings (SSSR count). The lowest BCUT2D eigenvalue weighted by atomic mass is 10.0. The number of primary amides is 1. The molecule has 0 spiro atoms. The molecule has 1 aliphatic rings. The van der Waals surface area contributed by atoms with Crippen molar-refractivity contribution in [2.45, 2.75) is 69.4 Å². The Morgan fingerprint density at radius 3 is 2.36 bits per heavy atom. The number of guanidine groups is 1. The van der Waals surface area contributed by atoms with Gasteiger partial charge in [-0.3, -0.25) is 24.2 Å². The Hall–Kier alpha value is -5.17. The molecule has 10 N–H and O–H groups in total. The molecule has 1 unspecified atom stereocenters. The number of nitrogens with two attached hydrogens (primary N) is 3. The first-order valence-corrected chi connectivity index (χ1v) is 14.1. The van der Waals surface area contributed by atoms with Crippen LogP contribution >= 0.6 is 0 Å². The van der Waals surface area contributed by atoms with Gasteiger partial charge in [-0.15, -0.1) is 0 Å². The zero-order valence-corrected chi connectivity index (χ0v) is 24.2. The largest absolute Gasteiger partial charge is 0.464 e. The summed E-state index contributed by atoms with van der Waals surface area (Å²) < 4.78 is 9.93. The third kappa shape index (κ3) is 9.42. The zero-order chi connectivity index (χ0) is 32.2. The summed E-state index contributed by atoms with van der Waals surface area (Å²) in [5.41, 5.74) is 18.0. The monoisotopic (exact) mass is 611 g/mol. The van der Waals surface area contributed by atoms with Crippen molar-refractivity contribution in [2.75, 3.05) is 13.2 Å². The molecule has 5 atom stereocenters. The van der Waals surface area contributed by atoms with Crippen molar-refractivity contribution in [3.63, 3.8) is 0 Å². The van der Waals surface area contributed by atoms with Gasteiger partial charge in [-0.2, -0.15) is 5.26 Å². The number of nitrogens with one attached hydrogen (secondary N) is 4. The number of aromatic amines is 1. The Bertz CT molecular complexity index is 1430. The highest BCUT2D eigenvalue weighted by atomic mass is 16.6. The number of carbonyl (C=O) groups excluding carboxylic acids is 5. The van der Waals surface area contributed by atoms with E-state index in [0.29, 0.717) is 0 Å². The van der Waals surface area contributed by atoms with Crippen molar-refractivity contribution in [1.29, 1.82) is 5.26 Å². The smallest absolute Gasteiger partial charge is 0.338 e. The van der Waals surface area contributed by atoms with E-state index in [1.54, 1.807) is 13.1 Å². The summed E-state index contributed by atoms with van der Waals surface area (Å²) in [6, 6.07) is 5.80. The van der Waals surface area contributed by atoms with Crippen LogP contribution < -0.4 is 33.2 Å². The highest BCUT2D eigenvalue weighted by molar-refractivity contribution is 5.97. The lowest BCUT2D eigenvalue weighted by molar-refractivity contribution is -0.144. The summed E-state index contributed by atoms with van der Waals surface area (Å²) in [4.78, 5) is 70.6. The van der Waals surface area contributed by atoms with Crippen molar-refractivity contribution >= 4 is 46.5 Å².